The van der Waals surface area contributed by atoms with Gasteiger partial charge in [-0.15, -0.1) is 23.1 Å². The Kier molecular flexibility index (Phi) is 12.2. The molecule has 0 radical (unpaired) electrons. The Morgan fingerprint density at radius 3 is 2.33 bits per heavy atom. The van der Waals surface area contributed by atoms with Crippen LogP contribution in [0.3, 0.4) is 0 Å². The molecule has 248 valence electrons. The maximum Gasteiger partial charge on any atom is 0.341 e. The lowest BCUT2D eigenvalue weighted by Crippen LogP contribution is -2.30. The van der Waals surface area contributed by atoms with Crippen LogP contribution < -0.4 is 16.0 Å². The van der Waals surface area contributed by atoms with E-state index in [0.29, 0.717) is 27.4 Å². The number of rotatable bonds is 12. The highest BCUT2D eigenvalue weighted by Crippen LogP contribution is 2.36. The van der Waals surface area contributed by atoms with Crippen LogP contribution >= 0.6 is 39.0 Å². The minimum absolute atomic E-state index is 0.0548. The fourth-order valence-corrected chi connectivity index (χ4v) is 6.64. The van der Waals surface area contributed by atoms with Crippen molar-refractivity contribution in [3.05, 3.63) is 141 Å². The van der Waals surface area contributed by atoms with Gasteiger partial charge in [-0.05, 0) is 73.5 Å². The molecular formula is C38H32BrN3O5S2. The summed E-state index contributed by atoms with van der Waals surface area (Å²) in [6, 6.07) is 30.8. The first-order chi connectivity index (χ1) is 23.7. The number of anilines is 2. The summed E-state index contributed by atoms with van der Waals surface area (Å²) in [6.45, 7) is 3.93. The second-order valence-corrected chi connectivity index (χ2v) is 13.5. The SMILES string of the molecule is CCOC(=O)c1c(-c2ccc(C)cc2)csc1NC(=O)CSc1cccc(NC(=O)/C(=C/c2ccc(Br)cc2)NC(=O)c2ccccc2)c1. The maximum absolute atomic E-state index is 13.5. The number of carbonyl (C=O) groups excluding carboxylic acids is 4. The summed E-state index contributed by atoms with van der Waals surface area (Å²) >= 11 is 5.95. The molecule has 0 aliphatic rings. The van der Waals surface area contributed by atoms with Crippen LogP contribution in [0.4, 0.5) is 10.7 Å². The lowest BCUT2D eigenvalue weighted by atomic mass is 10.0. The minimum atomic E-state index is -0.513. The zero-order valence-corrected chi connectivity index (χ0v) is 29.8. The molecule has 4 aromatic carbocycles. The van der Waals surface area contributed by atoms with E-state index in [1.165, 1.54) is 23.1 Å². The predicted molar refractivity (Wildman–Crippen MR) is 201 cm³/mol. The van der Waals surface area contributed by atoms with Gasteiger partial charge in [0.2, 0.25) is 5.91 Å². The summed E-state index contributed by atoms with van der Waals surface area (Å²) < 4.78 is 6.20. The third kappa shape index (κ3) is 9.79. The first-order valence-corrected chi connectivity index (χ1v) is 17.9. The number of aryl methyl sites for hydroxylation is 1. The molecule has 1 aromatic heterocycles. The number of hydrogen-bond donors (Lipinski definition) is 3. The topological polar surface area (TPSA) is 114 Å². The van der Waals surface area contributed by atoms with Crippen LogP contribution in [0.2, 0.25) is 0 Å². The molecule has 0 bridgehead atoms. The van der Waals surface area contributed by atoms with Crippen LogP contribution in [-0.2, 0) is 14.3 Å². The smallest absolute Gasteiger partial charge is 0.341 e. The quantitative estimate of drug-likeness (QED) is 0.0667. The van der Waals surface area contributed by atoms with Gasteiger partial charge in [0, 0.05) is 31.6 Å². The Morgan fingerprint density at radius 1 is 0.878 bits per heavy atom. The Hall–Kier alpha value is -4.97. The summed E-state index contributed by atoms with van der Waals surface area (Å²) in [5.74, 6) is -1.68. The van der Waals surface area contributed by atoms with Gasteiger partial charge < -0.3 is 20.7 Å². The molecule has 0 spiro atoms. The minimum Gasteiger partial charge on any atom is -0.462 e. The molecule has 49 heavy (non-hydrogen) atoms. The highest BCUT2D eigenvalue weighted by molar-refractivity contribution is 9.10. The van der Waals surface area contributed by atoms with Crippen LogP contribution in [0.5, 0.6) is 0 Å². The standard InChI is InChI=1S/C38H32BrN3O5S2/c1-3-47-38(46)34-31(26-16-12-24(2)13-17-26)22-49-37(34)42-33(43)23-48-30-11-7-10-29(21-30)40-36(45)32(20-25-14-18-28(39)19-15-25)41-35(44)27-8-5-4-6-9-27/h4-22H,3,23H2,1-2H3,(H,40,45)(H,41,44)(H,42,43)/b32-20-. The maximum atomic E-state index is 13.5. The molecule has 0 fully saturated rings. The van der Waals surface area contributed by atoms with Gasteiger partial charge >= 0.3 is 5.97 Å². The van der Waals surface area contributed by atoms with Crippen LogP contribution in [0.15, 0.2) is 124 Å². The van der Waals surface area contributed by atoms with Crippen LogP contribution in [0.1, 0.15) is 38.8 Å². The monoisotopic (exact) mass is 753 g/mol. The number of benzene rings is 4. The molecule has 0 aliphatic heterocycles. The molecule has 5 rings (SSSR count). The number of ether oxygens (including phenoxy) is 1. The Bertz CT molecular complexity index is 1990. The summed E-state index contributed by atoms with van der Waals surface area (Å²) in [7, 11) is 0. The van der Waals surface area contributed by atoms with E-state index in [4.69, 9.17) is 4.74 Å². The number of esters is 1. The summed E-state index contributed by atoms with van der Waals surface area (Å²) in [5, 5.41) is 10.7. The molecule has 3 amide bonds. The molecular weight excluding hydrogens is 722 g/mol. The number of hydrogen-bond acceptors (Lipinski definition) is 7. The van der Waals surface area contributed by atoms with E-state index in [1.54, 1.807) is 55.5 Å². The highest BCUT2D eigenvalue weighted by atomic mass is 79.9. The van der Waals surface area contributed by atoms with E-state index < -0.39 is 17.8 Å². The molecule has 0 saturated carbocycles. The zero-order valence-electron chi connectivity index (χ0n) is 26.6. The normalized spacial score (nSPS) is 11.0. The number of nitrogens with one attached hydrogen (secondary N) is 3. The van der Waals surface area contributed by atoms with Crippen molar-refractivity contribution >= 4 is 79.5 Å². The fraction of sp³-hybridized carbons (Fsp3) is 0.105. The van der Waals surface area contributed by atoms with Crippen molar-refractivity contribution < 1.29 is 23.9 Å². The lowest BCUT2D eigenvalue weighted by Gasteiger charge is -2.12. The third-order valence-corrected chi connectivity index (χ3v) is 9.48. The fourth-order valence-electron chi connectivity index (χ4n) is 4.64. The first kappa shape index (κ1) is 35.3. The molecule has 0 unspecified atom stereocenters. The molecule has 11 heteroatoms. The number of thioether (sulfide) groups is 1. The van der Waals surface area contributed by atoms with Crippen molar-refractivity contribution in [2.24, 2.45) is 0 Å². The van der Waals surface area contributed by atoms with Gasteiger partial charge in [-0.3, -0.25) is 14.4 Å². The van der Waals surface area contributed by atoms with Gasteiger partial charge in [-0.1, -0.05) is 82.2 Å². The first-order valence-electron chi connectivity index (χ1n) is 15.2. The van der Waals surface area contributed by atoms with E-state index in [0.717, 1.165) is 26.1 Å². The summed E-state index contributed by atoms with van der Waals surface area (Å²) in [5.41, 5.74) is 4.65. The van der Waals surface area contributed by atoms with Crippen LogP contribution in [0, 0.1) is 6.92 Å². The summed E-state index contributed by atoms with van der Waals surface area (Å²) in [4.78, 5) is 53.2. The van der Waals surface area contributed by atoms with Crippen LogP contribution in [-0.4, -0.2) is 36.1 Å². The van der Waals surface area contributed by atoms with Gasteiger partial charge in [0.15, 0.2) is 0 Å². The van der Waals surface area contributed by atoms with Gasteiger partial charge in [0.25, 0.3) is 11.8 Å². The molecule has 8 nitrogen and oxygen atoms in total. The van der Waals surface area contributed by atoms with Crippen molar-refractivity contribution in [2.45, 2.75) is 18.7 Å². The Balaban J connectivity index is 1.27. The lowest BCUT2D eigenvalue weighted by molar-refractivity contribution is -0.114. The van der Waals surface area contributed by atoms with Gasteiger partial charge in [-0.2, -0.15) is 0 Å². The van der Waals surface area contributed by atoms with Gasteiger partial charge in [0.1, 0.15) is 16.3 Å². The molecule has 1 heterocycles. The van der Waals surface area contributed by atoms with Crippen molar-refractivity contribution in [3.63, 3.8) is 0 Å². The highest BCUT2D eigenvalue weighted by Gasteiger charge is 2.23. The average Bonchev–Trinajstić information content (AvgIpc) is 3.52. The average molecular weight is 755 g/mol. The van der Waals surface area contributed by atoms with Crippen molar-refractivity contribution in [1.82, 2.24) is 5.32 Å². The Labute approximate surface area is 301 Å². The van der Waals surface area contributed by atoms with E-state index >= 15 is 0 Å². The van der Waals surface area contributed by atoms with Crippen molar-refractivity contribution in [1.29, 1.82) is 0 Å². The zero-order chi connectivity index (χ0) is 34.8. The predicted octanol–water partition coefficient (Wildman–Crippen LogP) is 8.80. The number of thiophene rings is 1. The number of halogens is 1. The molecule has 0 saturated heterocycles. The second-order valence-electron chi connectivity index (χ2n) is 10.7. The number of carbonyl (C=O) groups is 4. The molecule has 0 aliphatic carbocycles. The summed E-state index contributed by atoms with van der Waals surface area (Å²) in [6.07, 6.45) is 1.60. The van der Waals surface area contributed by atoms with Crippen LogP contribution in [0.25, 0.3) is 17.2 Å². The molecule has 0 atom stereocenters. The second kappa shape index (κ2) is 16.9. The van der Waals surface area contributed by atoms with Gasteiger partial charge in [-0.25, -0.2) is 4.79 Å². The van der Waals surface area contributed by atoms with Gasteiger partial charge in [0.05, 0.1) is 12.4 Å². The van der Waals surface area contributed by atoms with E-state index in [-0.39, 0.29) is 24.0 Å². The molecule has 3 N–H and O–H groups in total. The number of amides is 3. The largest absolute Gasteiger partial charge is 0.462 e. The van der Waals surface area contributed by atoms with Crippen molar-refractivity contribution in [3.8, 4) is 11.1 Å². The van der Waals surface area contributed by atoms with E-state index in [2.05, 4.69) is 31.9 Å². The van der Waals surface area contributed by atoms with E-state index in [1.807, 2.05) is 73.0 Å². The molecule has 5 aromatic rings. The third-order valence-electron chi connectivity index (χ3n) is 7.06. The van der Waals surface area contributed by atoms with Crippen molar-refractivity contribution in [2.75, 3.05) is 23.0 Å². The Morgan fingerprint density at radius 2 is 1.61 bits per heavy atom. The van der Waals surface area contributed by atoms with E-state index in [9.17, 15) is 19.2 Å².